The number of rotatable bonds is 7. The third-order valence-electron chi connectivity index (χ3n) is 3.48. The van der Waals surface area contributed by atoms with Crippen molar-refractivity contribution in [1.29, 1.82) is 0 Å². The molecule has 0 radical (unpaired) electrons. The highest BCUT2D eigenvalue weighted by Gasteiger charge is 2.38. The average Bonchev–Trinajstić information content (AvgIpc) is 2.94. The van der Waals surface area contributed by atoms with Gasteiger partial charge in [0.15, 0.2) is 17.7 Å². The largest absolute Gasteiger partial charge is 0.463 e. The lowest BCUT2D eigenvalue weighted by atomic mass is 10.2. The Hall–Kier alpha value is -2.82. The Bertz CT molecular complexity index is 848. The molecule has 0 amide bonds. The first-order valence-corrected chi connectivity index (χ1v) is 7.64. The zero-order valence-electron chi connectivity index (χ0n) is 14.8. The lowest BCUT2D eigenvalue weighted by Gasteiger charge is -2.17. The number of halogens is 4. The molecule has 11 heteroatoms. The van der Waals surface area contributed by atoms with Crippen LogP contribution in [0.25, 0.3) is 11.9 Å². The fourth-order valence-corrected chi connectivity index (χ4v) is 2.02. The minimum absolute atomic E-state index is 0.177. The smallest absolute Gasteiger partial charge is 0.425 e. The highest BCUT2D eigenvalue weighted by atomic mass is 19.4. The molecule has 0 unspecified atom stereocenters. The first-order chi connectivity index (χ1) is 12.7. The van der Waals surface area contributed by atoms with E-state index >= 15 is 0 Å². The van der Waals surface area contributed by atoms with Gasteiger partial charge in [-0.2, -0.15) is 13.2 Å². The van der Waals surface area contributed by atoms with Gasteiger partial charge in [0.25, 0.3) is 5.88 Å². The zero-order chi connectivity index (χ0) is 20.2. The maximum absolute atomic E-state index is 14.2. The summed E-state index contributed by atoms with van der Waals surface area (Å²) in [4.78, 5) is 7.43. The molecule has 0 saturated carbocycles. The third kappa shape index (κ3) is 4.88. The molecule has 7 nitrogen and oxygen atoms in total. The summed E-state index contributed by atoms with van der Waals surface area (Å²) in [6.45, 7) is 6.05. The van der Waals surface area contributed by atoms with Gasteiger partial charge in [0.2, 0.25) is 0 Å². The fourth-order valence-electron chi connectivity index (χ4n) is 2.02. The predicted octanol–water partition coefficient (Wildman–Crippen LogP) is 3.25. The summed E-state index contributed by atoms with van der Waals surface area (Å²) >= 11 is 0. The minimum atomic E-state index is -4.63. The van der Waals surface area contributed by atoms with Gasteiger partial charge >= 0.3 is 6.18 Å². The third-order valence-corrected chi connectivity index (χ3v) is 3.48. The second-order valence-electron chi connectivity index (χ2n) is 5.45. The van der Waals surface area contributed by atoms with Crippen LogP contribution in [0.3, 0.4) is 0 Å². The summed E-state index contributed by atoms with van der Waals surface area (Å²) in [5.74, 6) is -0.817. The van der Waals surface area contributed by atoms with Crippen molar-refractivity contribution in [1.82, 2.24) is 19.7 Å². The van der Waals surface area contributed by atoms with Crippen molar-refractivity contribution in [3.8, 4) is 5.88 Å². The number of hydrogen-bond donors (Lipinski definition) is 0. The summed E-state index contributed by atoms with van der Waals surface area (Å²) in [7, 11) is 1.49. The molecular weight excluding hydrogens is 370 g/mol. The van der Waals surface area contributed by atoms with Crippen molar-refractivity contribution in [2.24, 2.45) is 4.99 Å². The monoisotopic (exact) mass is 387 g/mol. The normalized spacial score (nSPS) is 13.5. The number of aliphatic imine (C=N–C) groups is 1. The summed E-state index contributed by atoms with van der Waals surface area (Å²) in [5, 5.41) is 7.85. The van der Waals surface area contributed by atoms with E-state index in [9.17, 15) is 17.6 Å². The average molecular weight is 387 g/mol. The molecule has 0 fully saturated rings. The Kier molecular flexibility index (Phi) is 6.26. The number of alkyl halides is 3. The second-order valence-corrected chi connectivity index (χ2v) is 5.45. The van der Waals surface area contributed by atoms with Crippen LogP contribution < -0.4 is 4.74 Å². The van der Waals surface area contributed by atoms with Gasteiger partial charge in [-0.25, -0.2) is 9.37 Å². The van der Waals surface area contributed by atoms with Crippen molar-refractivity contribution < 1.29 is 27.0 Å². The van der Waals surface area contributed by atoms with Gasteiger partial charge in [0.1, 0.15) is 12.4 Å². The van der Waals surface area contributed by atoms with E-state index in [2.05, 4.69) is 31.6 Å². The summed E-state index contributed by atoms with van der Waals surface area (Å²) in [5.41, 5.74) is 0.392. The summed E-state index contributed by atoms with van der Waals surface area (Å²) < 4.78 is 62.9. The molecule has 146 valence electrons. The van der Waals surface area contributed by atoms with E-state index in [1.165, 1.54) is 13.3 Å². The molecule has 27 heavy (non-hydrogen) atoms. The van der Waals surface area contributed by atoms with Gasteiger partial charge in [-0.05, 0) is 26.6 Å². The van der Waals surface area contributed by atoms with Crippen molar-refractivity contribution in [2.45, 2.75) is 32.7 Å². The van der Waals surface area contributed by atoms with Gasteiger partial charge in [-0.1, -0.05) is 0 Å². The molecule has 0 aliphatic carbocycles. The molecule has 0 bridgehead atoms. The van der Waals surface area contributed by atoms with E-state index in [1.807, 2.05) is 0 Å². The minimum Gasteiger partial charge on any atom is -0.463 e. The molecule has 2 heterocycles. The van der Waals surface area contributed by atoms with Crippen molar-refractivity contribution in [3.05, 3.63) is 35.3 Å². The zero-order valence-corrected chi connectivity index (χ0v) is 14.8. The quantitative estimate of drug-likeness (QED) is 0.539. The van der Waals surface area contributed by atoms with Crippen LogP contribution in [0.5, 0.6) is 5.88 Å². The fraction of sp³-hybridized carbons (Fsp3) is 0.375. The SMILES string of the molecule is C=N/C(=C\n1c(C)nnc1COC)c1cnc(O[C@@H](C)C(F)(F)F)c(F)c1. The molecule has 1 atom stereocenters. The maximum atomic E-state index is 14.2. The number of nitrogens with zero attached hydrogens (tertiary/aromatic N) is 5. The van der Waals surface area contributed by atoms with Crippen LogP contribution in [0.15, 0.2) is 17.3 Å². The summed E-state index contributed by atoms with van der Waals surface area (Å²) in [6.07, 6.45) is -4.21. The molecule has 0 spiro atoms. The predicted molar refractivity (Wildman–Crippen MR) is 89.5 cm³/mol. The van der Waals surface area contributed by atoms with E-state index in [4.69, 9.17) is 4.74 Å². The van der Waals surface area contributed by atoms with Crippen molar-refractivity contribution in [2.75, 3.05) is 7.11 Å². The number of ether oxygens (including phenoxy) is 2. The van der Waals surface area contributed by atoms with Crippen LogP contribution >= 0.6 is 0 Å². The van der Waals surface area contributed by atoms with Crippen molar-refractivity contribution in [3.63, 3.8) is 0 Å². The van der Waals surface area contributed by atoms with Crippen LogP contribution in [-0.2, 0) is 11.3 Å². The number of methoxy groups -OCH3 is 1. The highest BCUT2D eigenvalue weighted by Crippen LogP contribution is 2.27. The van der Waals surface area contributed by atoms with Crippen LogP contribution in [0.2, 0.25) is 0 Å². The van der Waals surface area contributed by atoms with E-state index in [1.54, 1.807) is 11.5 Å². The number of hydrogen-bond acceptors (Lipinski definition) is 6. The molecule has 2 aromatic heterocycles. The van der Waals surface area contributed by atoms with Crippen LogP contribution in [0, 0.1) is 12.7 Å². The van der Waals surface area contributed by atoms with Gasteiger partial charge in [-0.15, -0.1) is 10.2 Å². The molecule has 2 aromatic rings. The number of aryl methyl sites for hydroxylation is 1. The Morgan fingerprint density at radius 3 is 2.67 bits per heavy atom. The van der Waals surface area contributed by atoms with E-state index < -0.39 is 24.0 Å². The Morgan fingerprint density at radius 2 is 2.11 bits per heavy atom. The number of aromatic nitrogens is 4. The molecule has 0 aliphatic rings. The Balaban J connectivity index is 2.35. The van der Waals surface area contributed by atoms with Crippen LogP contribution in [0.1, 0.15) is 24.1 Å². The topological polar surface area (TPSA) is 74.4 Å². The lowest BCUT2D eigenvalue weighted by Crippen LogP contribution is -2.31. The van der Waals surface area contributed by atoms with Crippen LogP contribution in [0.4, 0.5) is 17.6 Å². The molecule has 0 aliphatic heterocycles. The molecule has 0 N–H and O–H groups in total. The van der Waals surface area contributed by atoms with Gasteiger partial charge < -0.3 is 9.47 Å². The standard InChI is InChI=1S/C16H17F4N5O2/c1-9(16(18,19)20)27-15-12(17)5-11(6-22-15)13(21-3)7-25-10(2)23-24-14(25)8-26-4/h5-7,9H,3,8H2,1-2,4H3/b13-7-/t9-/m0/s1. The number of pyridine rings is 1. The van der Waals surface area contributed by atoms with E-state index in [-0.39, 0.29) is 17.9 Å². The van der Waals surface area contributed by atoms with E-state index in [0.717, 1.165) is 19.2 Å². The van der Waals surface area contributed by atoms with Gasteiger partial charge in [0.05, 0.1) is 5.70 Å². The molecule has 0 saturated heterocycles. The first-order valence-electron chi connectivity index (χ1n) is 7.64. The lowest BCUT2D eigenvalue weighted by molar-refractivity contribution is -0.190. The summed E-state index contributed by atoms with van der Waals surface area (Å²) in [6, 6.07) is 0.960. The van der Waals surface area contributed by atoms with Gasteiger partial charge in [0, 0.05) is 25.1 Å². The van der Waals surface area contributed by atoms with Gasteiger partial charge in [-0.3, -0.25) is 9.56 Å². The Labute approximate surface area is 152 Å². The van der Waals surface area contributed by atoms with E-state index in [0.29, 0.717) is 11.6 Å². The molecule has 2 rings (SSSR count). The van der Waals surface area contributed by atoms with Crippen LogP contribution in [-0.4, -0.2) is 45.9 Å². The van der Waals surface area contributed by atoms with Crippen molar-refractivity contribution >= 4 is 18.6 Å². The second kappa shape index (κ2) is 8.25. The molecule has 0 aromatic carbocycles. The highest BCUT2D eigenvalue weighted by molar-refractivity contribution is 5.77. The molecular formula is C16H17F4N5O2. The Morgan fingerprint density at radius 1 is 1.41 bits per heavy atom. The first kappa shape index (κ1) is 20.5. The maximum Gasteiger partial charge on any atom is 0.425 e.